The molecule has 1 unspecified atom stereocenters. The molecule has 1 aliphatic carbocycles. The Morgan fingerprint density at radius 1 is 1.62 bits per heavy atom. The topological polar surface area (TPSA) is 69.1 Å². The summed E-state index contributed by atoms with van der Waals surface area (Å²) in [5, 5.41) is 0. The molecule has 1 rings (SSSR count). The van der Waals surface area contributed by atoms with Gasteiger partial charge in [0.1, 0.15) is 0 Å². The molecule has 1 saturated carbocycles. The molecular weight excluding hydrogens is 128 g/mol. The first-order chi connectivity index (χ1) is 3.22. The van der Waals surface area contributed by atoms with Gasteiger partial charge in [-0.3, -0.25) is 4.79 Å². The van der Waals surface area contributed by atoms with E-state index in [0.29, 0.717) is 0 Å². The first kappa shape index (κ1) is 7.72. The molecule has 1 aliphatic rings. The lowest BCUT2D eigenvalue weighted by Gasteiger charge is -1.81. The van der Waals surface area contributed by atoms with Gasteiger partial charge in [-0.15, -0.1) is 12.4 Å². The molecule has 48 valence electrons. The van der Waals surface area contributed by atoms with E-state index in [-0.39, 0.29) is 30.3 Å². The van der Waals surface area contributed by atoms with Crippen molar-refractivity contribution >= 4 is 18.3 Å². The smallest absolute Gasteiger partial charge is 0.222 e. The summed E-state index contributed by atoms with van der Waals surface area (Å²) < 4.78 is 0. The third-order valence-corrected chi connectivity index (χ3v) is 1.21. The first-order valence-electron chi connectivity index (χ1n) is 2.26. The van der Waals surface area contributed by atoms with Gasteiger partial charge in [0.25, 0.3) is 0 Å². The van der Waals surface area contributed by atoms with E-state index in [4.69, 9.17) is 11.5 Å². The summed E-state index contributed by atoms with van der Waals surface area (Å²) in [6, 6.07) is 0.0671. The second-order valence-corrected chi connectivity index (χ2v) is 1.91. The van der Waals surface area contributed by atoms with Gasteiger partial charge in [0.05, 0.1) is 5.92 Å². The van der Waals surface area contributed by atoms with Crippen LogP contribution in [-0.4, -0.2) is 11.9 Å². The molecule has 0 heterocycles. The Bertz CT molecular complexity index is 106. The number of amides is 1. The standard InChI is InChI=1S/C4H8N2O.ClH/c5-3-1-2(3)4(6)7;/h2-3H,1,5H2,(H2,6,7);1H/t2?,3-;/m0./s1. The normalized spacial score (nSPS) is 33.1. The molecule has 0 aromatic rings. The Morgan fingerprint density at radius 3 is 2.00 bits per heavy atom. The average Bonchev–Trinajstić information content (AvgIpc) is 2.17. The van der Waals surface area contributed by atoms with Crippen LogP contribution in [0, 0.1) is 5.92 Å². The fourth-order valence-electron chi connectivity index (χ4n) is 0.542. The highest BCUT2D eigenvalue weighted by molar-refractivity contribution is 5.85. The largest absolute Gasteiger partial charge is 0.369 e. The van der Waals surface area contributed by atoms with Crippen LogP contribution in [0.15, 0.2) is 0 Å². The Labute approximate surface area is 53.8 Å². The van der Waals surface area contributed by atoms with Gasteiger partial charge in [0, 0.05) is 6.04 Å². The molecule has 0 aliphatic heterocycles. The van der Waals surface area contributed by atoms with E-state index in [1.807, 2.05) is 0 Å². The number of nitrogens with two attached hydrogens (primary N) is 2. The Hall–Kier alpha value is -0.280. The Kier molecular flexibility index (Phi) is 2.25. The molecule has 1 amide bonds. The summed E-state index contributed by atoms with van der Waals surface area (Å²) in [5.41, 5.74) is 10.1. The van der Waals surface area contributed by atoms with E-state index >= 15 is 0 Å². The zero-order valence-corrected chi connectivity index (χ0v) is 5.15. The van der Waals surface area contributed by atoms with Crippen molar-refractivity contribution in [2.24, 2.45) is 17.4 Å². The molecule has 3 nitrogen and oxygen atoms in total. The number of primary amides is 1. The molecule has 0 bridgehead atoms. The molecular formula is C4H9ClN2O. The van der Waals surface area contributed by atoms with E-state index in [1.165, 1.54) is 0 Å². The van der Waals surface area contributed by atoms with Gasteiger partial charge >= 0.3 is 0 Å². The van der Waals surface area contributed by atoms with Gasteiger partial charge in [-0.1, -0.05) is 0 Å². The quantitative estimate of drug-likeness (QED) is 0.498. The molecule has 0 aromatic heterocycles. The van der Waals surface area contributed by atoms with Gasteiger partial charge < -0.3 is 11.5 Å². The summed E-state index contributed by atoms with van der Waals surface area (Å²) in [5.74, 6) is -0.271. The van der Waals surface area contributed by atoms with E-state index < -0.39 is 0 Å². The number of carbonyl (C=O) groups is 1. The lowest BCUT2D eigenvalue weighted by molar-refractivity contribution is -0.119. The maximum atomic E-state index is 10.1. The van der Waals surface area contributed by atoms with Crippen molar-refractivity contribution in [2.75, 3.05) is 0 Å². The maximum Gasteiger partial charge on any atom is 0.222 e. The minimum atomic E-state index is -0.257. The van der Waals surface area contributed by atoms with Crippen LogP contribution in [0.4, 0.5) is 0 Å². The van der Waals surface area contributed by atoms with Crippen LogP contribution in [0.5, 0.6) is 0 Å². The fraction of sp³-hybridized carbons (Fsp3) is 0.750. The molecule has 0 spiro atoms. The van der Waals surface area contributed by atoms with E-state index in [2.05, 4.69) is 0 Å². The van der Waals surface area contributed by atoms with Gasteiger partial charge in [0.15, 0.2) is 0 Å². The van der Waals surface area contributed by atoms with Gasteiger partial charge in [-0.25, -0.2) is 0 Å². The minimum Gasteiger partial charge on any atom is -0.369 e. The summed E-state index contributed by atoms with van der Waals surface area (Å²) in [6.45, 7) is 0. The maximum absolute atomic E-state index is 10.1. The van der Waals surface area contributed by atoms with Crippen LogP contribution in [0.3, 0.4) is 0 Å². The highest BCUT2D eigenvalue weighted by atomic mass is 35.5. The highest BCUT2D eigenvalue weighted by Crippen LogP contribution is 2.26. The predicted octanol–water partition coefficient (Wildman–Crippen LogP) is -0.759. The van der Waals surface area contributed by atoms with Crippen LogP contribution in [-0.2, 0) is 4.79 Å². The third kappa shape index (κ3) is 1.35. The van der Waals surface area contributed by atoms with Crippen molar-refractivity contribution in [3.63, 3.8) is 0 Å². The van der Waals surface area contributed by atoms with Crippen molar-refractivity contribution in [3.05, 3.63) is 0 Å². The minimum absolute atomic E-state index is 0. The van der Waals surface area contributed by atoms with Crippen molar-refractivity contribution in [3.8, 4) is 0 Å². The summed E-state index contributed by atoms with van der Waals surface area (Å²) in [7, 11) is 0. The highest BCUT2D eigenvalue weighted by Gasteiger charge is 2.38. The van der Waals surface area contributed by atoms with Gasteiger partial charge in [0.2, 0.25) is 5.91 Å². The van der Waals surface area contributed by atoms with Crippen LogP contribution in [0.1, 0.15) is 6.42 Å². The van der Waals surface area contributed by atoms with Crippen LogP contribution >= 0.6 is 12.4 Å². The Balaban J connectivity index is 0.000000490. The van der Waals surface area contributed by atoms with Crippen molar-refractivity contribution in [1.29, 1.82) is 0 Å². The van der Waals surface area contributed by atoms with Gasteiger partial charge in [-0.05, 0) is 6.42 Å². The van der Waals surface area contributed by atoms with Crippen LogP contribution < -0.4 is 11.5 Å². The molecule has 0 aromatic carbocycles. The number of hydrogen-bond acceptors (Lipinski definition) is 2. The second-order valence-electron chi connectivity index (χ2n) is 1.91. The summed E-state index contributed by atoms with van der Waals surface area (Å²) >= 11 is 0. The van der Waals surface area contributed by atoms with Crippen LogP contribution in [0.2, 0.25) is 0 Å². The Morgan fingerprint density at radius 2 is 2.00 bits per heavy atom. The third-order valence-electron chi connectivity index (χ3n) is 1.21. The summed E-state index contributed by atoms with van der Waals surface area (Å²) in [6.07, 6.45) is 0.787. The lowest BCUT2D eigenvalue weighted by Crippen LogP contribution is -2.18. The SMILES string of the molecule is Cl.NC(=O)C1C[C@@H]1N. The van der Waals surface area contributed by atoms with E-state index in [1.54, 1.807) is 0 Å². The van der Waals surface area contributed by atoms with Crippen molar-refractivity contribution in [1.82, 2.24) is 0 Å². The first-order valence-corrected chi connectivity index (χ1v) is 2.26. The number of halogens is 1. The van der Waals surface area contributed by atoms with Crippen molar-refractivity contribution in [2.45, 2.75) is 12.5 Å². The summed E-state index contributed by atoms with van der Waals surface area (Å²) in [4.78, 5) is 10.1. The molecule has 2 atom stereocenters. The zero-order valence-electron chi connectivity index (χ0n) is 4.33. The molecule has 8 heavy (non-hydrogen) atoms. The molecule has 4 N–H and O–H groups in total. The van der Waals surface area contributed by atoms with E-state index in [0.717, 1.165) is 6.42 Å². The van der Waals surface area contributed by atoms with E-state index in [9.17, 15) is 4.79 Å². The van der Waals surface area contributed by atoms with Crippen LogP contribution in [0.25, 0.3) is 0 Å². The number of rotatable bonds is 1. The monoisotopic (exact) mass is 136 g/mol. The molecule has 0 saturated heterocycles. The average molecular weight is 137 g/mol. The van der Waals surface area contributed by atoms with Crippen molar-refractivity contribution < 1.29 is 4.79 Å². The predicted molar refractivity (Wildman–Crippen MR) is 32.5 cm³/mol. The molecule has 0 radical (unpaired) electrons. The number of hydrogen-bond donors (Lipinski definition) is 2. The fourth-order valence-corrected chi connectivity index (χ4v) is 0.542. The van der Waals surface area contributed by atoms with Gasteiger partial charge in [-0.2, -0.15) is 0 Å². The molecule has 1 fully saturated rings. The second kappa shape index (κ2) is 2.33. The zero-order chi connectivity index (χ0) is 5.44. The number of carbonyl (C=O) groups excluding carboxylic acids is 1. The molecule has 4 heteroatoms. The lowest BCUT2D eigenvalue weighted by atomic mass is 10.4.